The van der Waals surface area contributed by atoms with Crippen molar-refractivity contribution in [2.45, 2.75) is 15.5 Å². The maximum atomic E-state index is 13.1. The number of nitrogens with zero attached hydrogens (tertiary/aromatic N) is 1. The molecule has 0 fully saturated rings. The summed E-state index contributed by atoms with van der Waals surface area (Å²) in [5.41, 5.74) is 2.02. The minimum absolute atomic E-state index is 0.105. The number of rotatable bonds is 4. The van der Waals surface area contributed by atoms with Crippen LogP contribution in [-0.2, 0) is 15.6 Å². The molecule has 3 aromatic carbocycles. The van der Waals surface area contributed by atoms with E-state index in [1.165, 1.54) is 0 Å². The van der Waals surface area contributed by atoms with Gasteiger partial charge in [-0.15, -0.1) is 11.8 Å². The molecule has 4 rings (SSSR count). The average Bonchev–Trinajstić information content (AvgIpc) is 2.73. The zero-order chi connectivity index (χ0) is 19.6. The van der Waals surface area contributed by atoms with Gasteiger partial charge in [0.2, 0.25) is 0 Å². The molecular formula is C22H19NO3S2. The lowest BCUT2D eigenvalue weighted by Gasteiger charge is -2.29. The fraction of sp³-hybridized carbons (Fsp3) is 0.136. The predicted octanol–water partition coefficient (Wildman–Crippen LogP) is 4.41. The Labute approximate surface area is 169 Å². The van der Waals surface area contributed by atoms with Gasteiger partial charge in [-0.3, -0.25) is 4.79 Å². The molecule has 0 spiro atoms. The first-order valence-corrected chi connectivity index (χ1v) is 11.6. The maximum absolute atomic E-state index is 13.1. The van der Waals surface area contributed by atoms with E-state index in [-0.39, 0.29) is 16.6 Å². The van der Waals surface area contributed by atoms with Gasteiger partial charge in [-0.05, 0) is 42.0 Å². The zero-order valence-electron chi connectivity index (χ0n) is 15.1. The number of hydrogen-bond acceptors (Lipinski definition) is 4. The zero-order valence-corrected chi connectivity index (χ0v) is 16.7. The molecule has 142 valence electrons. The minimum atomic E-state index is -3.46. The van der Waals surface area contributed by atoms with Gasteiger partial charge in [0.1, 0.15) is 0 Å². The molecule has 0 radical (unpaired) electrons. The number of anilines is 1. The summed E-state index contributed by atoms with van der Waals surface area (Å²) in [6, 6.07) is 23.2. The first-order chi connectivity index (χ1) is 13.5. The number of carbonyl (C=O) groups excluding carboxylic acids is 1. The number of para-hydroxylation sites is 1. The number of benzene rings is 3. The van der Waals surface area contributed by atoms with Gasteiger partial charge in [0, 0.05) is 22.8 Å². The normalized spacial score (nSPS) is 13.8. The quantitative estimate of drug-likeness (QED) is 0.640. The molecule has 0 saturated heterocycles. The Hall–Kier alpha value is -2.57. The molecular weight excluding hydrogens is 390 g/mol. The molecule has 0 N–H and O–H groups in total. The second kappa shape index (κ2) is 7.81. The third-order valence-corrected chi connectivity index (χ3v) is 7.35. The first kappa shape index (κ1) is 18.8. The summed E-state index contributed by atoms with van der Waals surface area (Å²) < 4.78 is 25.3. The Bertz CT molecular complexity index is 1110. The second-order valence-corrected chi connectivity index (χ2v) is 9.67. The number of sulfone groups is 1. The van der Waals surface area contributed by atoms with E-state index in [4.69, 9.17) is 0 Å². The van der Waals surface area contributed by atoms with E-state index >= 15 is 0 Å². The molecule has 1 aliphatic heterocycles. The number of hydrogen-bond donors (Lipinski definition) is 0. The standard InChI is InChI=1S/C22H19NO3S2/c24-22(23-13-14-27-21-12-5-4-11-20(21)23)18-8-6-7-17(15-18)16-28(25,26)19-9-2-1-3-10-19/h1-12,15H,13-14,16H2. The monoisotopic (exact) mass is 409 g/mol. The number of carbonyl (C=O) groups is 1. The highest BCUT2D eigenvalue weighted by atomic mass is 32.2. The smallest absolute Gasteiger partial charge is 0.258 e. The molecule has 0 bridgehead atoms. The van der Waals surface area contributed by atoms with E-state index in [1.807, 2.05) is 24.3 Å². The van der Waals surface area contributed by atoms with Crippen molar-refractivity contribution in [2.75, 3.05) is 17.2 Å². The van der Waals surface area contributed by atoms with Crippen molar-refractivity contribution in [3.63, 3.8) is 0 Å². The van der Waals surface area contributed by atoms with Gasteiger partial charge < -0.3 is 4.90 Å². The van der Waals surface area contributed by atoms with Crippen LogP contribution in [0.2, 0.25) is 0 Å². The molecule has 0 saturated carbocycles. The van der Waals surface area contributed by atoms with Crippen LogP contribution in [0.5, 0.6) is 0 Å². The van der Waals surface area contributed by atoms with Crippen LogP contribution in [-0.4, -0.2) is 26.6 Å². The summed E-state index contributed by atoms with van der Waals surface area (Å²) in [5, 5.41) is 0. The van der Waals surface area contributed by atoms with Crippen molar-refractivity contribution in [3.8, 4) is 0 Å². The highest BCUT2D eigenvalue weighted by Crippen LogP contribution is 2.35. The molecule has 1 heterocycles. The van der Waals surface area contributed by atoms with Crippen LogP contribution >= 0.6 is 11.8 Å². The Morgan fingerprint density at radius 3 is 2.50 bits per heavy atom. The number of amides is 1. The predicted molar refractivity (Wildman–Crippen MR) is 113 cm³/mol. The average molecular weight is 410 g/mol. The van der Waals surface area contributed by atoms with Crippen LogP contribution in [0.15, 0.2) is 88.7 Å². The number of fused-ring (bicyclic) bond motifs is 1. The lowest BCUT2D eigenvalue weighted by molar-refractivity contribution is 0.0987. The Balaban J connectivity index is 1.60. The van der Waals surface area contributed by atoms with E-state index < -0.39 is 9.84 Å². The van der Waals surface area contributed by atoms with Crippen LogP contribution in [0.1, 0.15) is 15.9 Å². The van der Waals surface area contributed by atoms with Crippen molar-refractivity contribution in [1.29, 1.82) is 0 Å². The molecule has 4 nitrogen and oxygen atoms in total. The third kappa shape index (κ3) is 3.84. The summed E-state index contributed by atoms with van der Waals surface area (Å²) in [7, 11) is -3.46. The lowest BCUT2D eigenvalue weighted by Crippen LogP contribution is -2.35. The second-order valence-electron chi connectivity index (χ2n) is 6.55. The van der Waals surface area contributed by atoms with Crippen molar-refractivity contribution in [1.82, 2.24) is 0 Å². The molecule has 0 atom stereocenters. The van der Waals surface area contributed by atoms with Crippen LogP contribution in [0.3, 0.4) is 0 Å². The van der Waals surface area contributed by atoms with Gasteiger partial charge in [0.15, 0.2) is 9.84 Å². The van der Waals surface area contributed by atoms with Gasteiger partial charge in [-0.25, -0.2) is 8.42 Å². The van der Waals surface area contributed by atoms with Gasteiger partial charge in [-0.2, -0.15) is 0 Å². The first-order valence-electron chi connectivity index (χ1n) is 8.95. The SMILES string of the molecule is O=C(c1cccc(CS(=O)(=O)c2ccccc2)c1)N1CCSc2ccccc21. The molecule has 3 aromatic rings. The highest BCUT2D eigenvalue weighted by Gasteiger charge is 2.24. The number of thioether (sulfide) groups is 1. The van der Waals surface area contributed by atoms with Crippen LogP contribution < -0.4 is 4.90 Å². The van der Waals surface area contributed by atoms with Crippen LogP contribution in [0, 0.1) is 0 Å². The summed E-state index contributed by atoms with van der Waals surface area (Å²) >= 11 is 1.74. The topological polar surface area (TPSA) is 54.5 Å². The fourth-order valence-electron chi connectivity index (χ4n) is 3.26. The van der Waals surface area contributed by atoms with E-state index in [0.717, 1.165) is 16.3 Å². The summed E-state index contributed by atoms with van der Waals surface area (Å²) in [6.45, 7) is 0.632. The molecule has 0 aromatic heterocycles. The van der Waals surface area contributed by atoms with E-state index in [1.54, 1.807) is 71.3 Å². The maximum Gasteiger partial charge on any atom is 0.258 e. The third-order valence-electron chi connectivity index (χ3n) is 4.61. The van der Waals surface area contributed by atoms with E-state index in [0.29, 0.717) is 17.7 Å². The van der Waals surface area contributed by atoms with E-state index in [9.17, 15) is 13.2 Å². The highest BCUT2D eigenvalue weighted by molar-refractivity contribution is 7.99. The van der Waals surface area contributed by atoms with Crippen molar-refractivity contribution in [2.24, 2.45) is 0 Å². The molecule has 1 amide bonds. The summed E-state index contributed by atoms with van der Waals surface area (Å²) in [6.07, 6.45) is 0. The molecule has 28 heavy (non-hydrogen) atoms. The Morgan fingerprint density at radius 1 is 0.929 bits per heavy atom. The minimum Gasteiger partial charge on any atom is -0.306 e. The fourth-order valence-corrected chi connectivity index (χ4v) is 5.61. The summed E-state index contributed by atoms with van der Waals surface area (Å²) in [4.78, 5) is 16.3. The van der Waals surface area contributed by atoms with Crippen molar-refractivity contribution < 1.29 is 13.2 Å². The van der Waals surface area contributed by atoms with E-state index in [2.05, 4.69) is 0 Å². The van der Waals surface area contributed by atoms with Gasteiger partial charge >= 0.3 is 0 Å². The van der Waals surface area contributed by atoms with Crippen molar-refractivity contribution >= 4 is 33.2 Å². The molecule has 1 aliphatic rings. The molecule has 0 aliphatic carbocycles. The lowest BCUT2D eigenvalue weighted by atomic mass is 10.1. The molecule has 6 heteroatoms. The van der Waals surface area contributed by atoms with Gasteiger partial charge in [0.25, 0.3) is 5.91 Å². The molecule has 0 unspecified atom stereocenters. The van der Waals surface area contributed by atoms with Gasteiger partial charge in [0.05, 0.1) is 16.3 Å². The summed E-state index contributed by atoms with van der Waals surface area (Å²) in [5.74, 6) is 0.599. The van der Waals surface area contributed by atoms with Crippen molar-refractivity contribution in [3.05, 3.63) is 90.0 Å². The van der Waals surface area contributed by atoms with Gasteiger partial charge in [-0.1, -0.05) is 42.5 Å². The van der Waals surface area contributed by atoms with Crippen LogP contribution in [0.25, 0.3) is 0 Å². The largest absolute Gasteiger partial charge is 0.306 e. The Morgan fingerprint density at radius 2 is 1.68 bits per heavy atom. The Kier molecular flexibility index (Phi) is 5.24. The van der Waals surface area contributed by atoms with Crippen LogP contribution in [0.4, 0.5) is 5.69 Å².